The Hall–Kier alpha value is -1.44. The summed E-state index contributed by atoms with van der Waals surface area (Å²) < 4.78 is 6.51. The van der Waals surface area contributed by atoms with Gasteiger partial charge in [-0.25, -0.2) is 4.79 Å². The number of H-pyrrole nitrogens is 1. The number of aromatic amines is 1. The highest BCUT2D eigenvalue weighted by Gasteiger charge is 2.19. The van der Waals surface area contributed by atoms with E-state index in [9.17, 15) is 9.59 Å². The van der Waals surface area contributed by atoms with Crippen LogP contribution >= 0.6 is 0 Å². The van der Waals surface area contributed by atoms with E-state index in [4.69, 9.17) is 9.84 Å². The molecule has 0 saturated carbocycles. The number of aliphatic hydroxyl groups is 1. The largest absolute Gasteiger partial charge is 0.394 e. The van der Waals surface area contributed by atoms with Gasteiger partial charge in [0.25, 0.3) is 5.56 Å². The smallest absolute Gasteiger partial charge is 0.328 e. The maximum Gasteiger partial charge on any atom is 0.328 e. The highest BCUT2D eigenvalue weighted by atomic mass is 16.5. The summed E-state index contributed by atoms with van der Waals surface area (Å²) in [5.41, 5.74) is -0.399. The monoisotopic (exact) mass is 257 g/mol. The molecule has 1 rings (SSSR count). The molecule has 0 unspecified atom stereocenters. The van der Waals surface area contributed by atoms with Crippen molar-refractivity contribution in [1.82, 2.24) is 14.9 Å². The van der Waals surface area contributed by atoms with Crippen molar-refractivity contribution in [1.29, 1.82) is 0 Å². The average molecular weight is 257 g/mol. The van der Waals surface area contributed by atoms with E-state index >= 15 is 0 Å². The first-order valence-corrected chi connectivity index (χ1v) is 5.64. The van der Waals surface area contributed by atoms with E-state index in [0.717, 1.165) is 0 Å². The minimum absolute atomic E-state index is 0.154. The molecule has 0 fully saturated rings. The molecular formula is C11H19N3O4. The van der Waals surface area contributed by atoms with E-state index in [1.165, 1.54) is 17.9 Å². The van der Waals surface area contributed by atoms with Gasteiger partial charge in [-0.15, -0.1) is 0 Å². The van der Waals surface area contributed by atoms with Crippen molar-refractivity contribution in [2.75, 3.05) is 20.8 Å². The number of methoxy groups -OCH3 is 1. The summed E-state index contributed by atoms with van der Waals surface area (Å²) in [6.45, 7) is 1.77. The maximum atomic E-state index is 11.6. The summed E-state index contributed by atoms with van der Waals surface area (Å²) in [4.78, 5) is 25.1. The van der Waals surface area contributed by atoms with Crippen LogP contribution in [0.1, 0.15) is 5.56 Å². The van der Waals surface area contributed by atoms with Crippen molar-refractivity contribution in [2.24, 2.45) is 0 Å². The highest BCUT2D eigenvalue weighted by molar-refractivity contribution is 5.01. The Kier molecular flexibility index (Phi) is 5.26. The zero-order valence-corrected chi connectivity index (χ0v) is 10.8. The summed E-state index contributed by atoms with van der Waals surface area (Å²) >= 11 is 0. The molecule has 1 heterocycles. The SMILES string of the molecule is CN[C@@H](Cn1cc(C)c(=O)[nH]c1=O)[C@@H](CO)OC. The maximum absolute atomic E-state index is 11.6. The Morgan fingerprint density at radius 3 is 2.72 bits per heavy atom. The van der Waals surface area contributed by atoms with Crippen LogP contribution in [0.2, 0.25) is 0 Å². The van der Waals surface area contributed by atoms with Gasteiger partial charge in [-0.05, 0) is 14.0 Å². The zero-order chi connectivity index (χ0) is 13.7. The van der Waals surface area contributed by atoms with E-state index in [1.807, 2.05) is 0 Å². The molecule has 0 radical (unpaired) electrons. The average Bonchev–Trinajstić information content (AvgIpc) is 2.35. The van der Waals surface area contributed by atoms with Crippen LogP contribution in [-0.2, 0) is 11.3 Å². The van der Waals surface area contributed by atoms with Gasteiger partial charge in [0.1, 0.15) is 0 Å². The normalized spacial score (nSPS) is 14.4. The Balaban J connectivity index is 2.98. The first-order chi connectivity index (χ1) is 8.53. The molecular weight excluding hydrogens is 238 g/mol. The minimum atomic E-state index is -0.473. The molecule has 1 aromatic rings. The van der Waals surface area contributed by atoms with E-state index in [2.05, 4.69) is 10.3 Å². The predicted octanol–water partition coefficient (Wildman–Crippen LogP) is -1.56. The first kappa shape index (κ1) is 14.6. The van der Waals surface area contributed by atoms with Crippen LogP contribution in [0.4, 0.5) is 0 Å². The molecule has 0 saturated heterocycles. The number of nitrogens with zero attached hydrogens (tertiary/aromatic N) is 1. The summed E-state index contributed by atoms with van der Waals surface area (Å²) in [5.74, 6) is 0. The number of rotatable bonds is 6. The first-order valence-electron chi connectivity index (χ1n) is 5.64. The fourth-order valence-electron chi connectivity index (χ4n) is 1.73. The molecule has 0 aliphatic rings. The number of aliphatic hydroxyl groups excluding tert-OH is 1. The van der Waals surface area contributed by atoms with Crippen LogP contribution in [-0.4, -0.2) is 47.6 Å². The molecule has 7 nitrogen and oxygen atoms in total. The van der Waals surface area contributed by atoms with Crippen molar-refractivity contribution in [3.8, 4) is 0 Å². The Morgan fingerprint density at radius 2 is 2.22 bits per heavy atom. The molecule has 102 valence electrons. The van der Waals surface area contributed by atoms with Crippen LogP contribution in [0.5, 0.6) is 0 Å². The molecule has 1 aromatic heterocycles. The number of hydrogen-bond donors (Lipinski definition) is 3. The second-order valence-electron chi connectivity index (χ2n) is 4.08. The van der Waals surface area contributed by atoms with Gasteiger partial charge in [-0.1, -0.05) is 0 Å². The molecule has 0 bridgehead atoms. The number of aryl methyl sites for hydroxylation is 1. The second-order valence-corrected chi connectivity index (χ2v) is 4.08. The molecule has 3 N–H and O–H groups in total. The van der Waals surface area contributed by atoms with Gasteiger partial charge in [0.2, 0.25) is 0 Å². The van der Waals surface area contributed by atoms with Gasteiger partial charge in [0.05, 0.1) is 18.8 Å². The minimum Gasteiger partial charge on any atom is -0.394 e. The number of hydrogen-bond acceptors (Lipinski definition) is 5. The van der Waals surface area contributed by atoms with Crippen LogP contribution in [0.25, 0.3) is 0 Å². The molecule has 18 heavy (non-hydrogen) atoms. The Bertz CT molecular complexity index is 490. The van der Waals surface area contributed by atoms with Gasteiger partial charge < -0.3 is 15.2 Å². The van der Waals surface area contributed by atoms with E-state index in [1.54, 1.807) is 14.0 Å². The Morgan fingerprint density at radius 1 is 1.56 bits per heavy atom. The van der Waals surface area contributed by atoms with Crippen molar-refractivity contribution < 1.29 is 9.84 Å². The van der Waals surface area contributed by atoms with E-state index in [0.29, 0.717) is 12.1 Å². The fraction of sp³-hybridized carbons (Fsp3) is 0.636. The third kappa shape index (κ3) is 3.28. The van der Waals surface area contributed by atoms with Crippen molar-refractivity contribution in [3.05, 3.63) is 32.6 Å². The lowest BCUT2D eigenvalue weighted by molar-refractivity contribution is 0.0192. The van der Waals surface area contributed by atoms with Gasteiger partial charge in [0, 0.05) is 25.4 Å². The molecule has 7 heteroatoms. The lowest BCUT2D eigenvalue weighted by Crippen LogP contribution is -2.46. The summed E-state index contributed by atoms with van der Waals surface area (Å²) in [6.07, 6.45) is 1.07. The van der Waals surface area contributed by atoms with Gasteiger partial charge in [-0.3, -0.25) is 14.3 Å². The molecule has 0 aliphatic carbocycles. The molecule has 2 atom stereocenters. The number of likely N-dealkylation sites (N-methyl/N-ethyl adjacent to an activating group) is 1. The summed E-state index contributed by atoms with van der Waals surface area (Å²) in [7, 11) is 3.21. The standard InChI is InChI=1S/C11H19N3O4/c1-7-4-14(11(17)13-10(7)16)5-8(12-2)9(6-15)18-3/h4,8-9,12,15H,5-6H2,1-3H3,(H,13,16,17)/t8-,9+/m0/s1. The lowest BCUT2D eigenvalue weighted by atomic mass is 10.1. The quantitative estimate of drug-likeness (QED) is 0.573. The molecule has 0 spiro atoms. The lowest BCUT2D eigenvalue weighted by Gasteiger charge is -2.24. The third-order valence-electron chi connectivity index (χ3n) is 2.88. The Labute approximate surface area is 104 Å². The van der Waals surface area contributed by atoms with Crippen molar-refractivity contribution in [2.45, 2.75) is 25.6 Å². The third-order valence-corrected chi connectivity index (χ3v) is 2.88. The zero-order valence-electron chi connectivity index (χ0n) is 10.8. The second kappa shape index (κ2) is 6.48. The predicted molar refractivity (Wildman–Crippen MR) is 66.8 cm³/mol. The number of ether oxygens (including phenoxy) is 1. The van der Waals surface area contributed by atoms with E-state index < -0.39 is 11.8 Å². The summed E-state index contributed by atoms with van der Waals surface area (Å²) in [6, 6.07) is -0.233. The van der Waals surface area contributed by atoms with Crippen LogP contribution in [0.3, 0.4) is 0 Å². The number of nitrogens with one attached hydrogen (secondary N) is 2. The van der Waals surface area contributed by atoms with Gasteiger partial charge in [0.15, 0.2) is 0 Å². The van der Waals surface area contributed by atoms with Crippen LogP contribution < -0.4 is 16.6 Å². The summed E-state index contributed by atoms with van der Waals surface area (Å²) in [5, 5.41) is 12.1. The topological polar surface area (TPSA) is 96.4 Å². The molecule has 0 aromatic carbocycles. The van der Waals surface area contributed by atoms with Crippen LogP contribution in [0.15, 0.2) is 15.8 Å². The van der Waals surface area contributed by atoms with Crippen molar-refractivity contribution >= 4 is 0 Å². The van der Waals surface area contributed by atoms with Crippen LogP contribution in [0, 0.1) is 6.92 Å². The van der Waals surface area contributed by atoms with Gasteiger partial charge >= 0.3 is 5.69 Å². The highest BCUT2D eigenvalue weighted by Crippen LogP contribution is 2.00. The van der Waals surface area contributed by atoms with E-state index in [-0.39, 0.29) is 18.2 Å². The fourth-order valence-corrected chi connectivity index (χ4v) is 1.73. The number of aromatic nitrogens is 2. The van der Waals surface area contributed by atoms with Crippen molar-refractivity contribution in [3.63, 3.8) is 0 Å². The molecule has 0 amide bonds. The van der Waals surface area contributed by atoms with Gasteiger partial charge in [-0.2, -0.15) is 0 Å². The molecule has 0 aliphatic heterocycles.